The summed E-state index contributed by atoms with van der Waals surface area (Å²) in [5.41, 5.74) is 10.5. The van der Waals surface area contributed by atoms with Gasteiger partial charge in [0.25, 0.3) is 0 Å². The lowest BCUT2D eigenvalue weighted by Gasteiger charge is -2.33. The molecule has 3 aromatic rings. The van der Waals surface area contributed by atoms with E-state index < -0.39 is 0 Å². The smallest absolute Gasteiger partial charge is 0.131 e. The summed E-state index contributed by atoms with van der Waals surface area (Å²) in [5, 5.41) is 0. The highest BCUT2D eigenvalue weighted by Crippen LogP contribution is 2.43. The lowest BCUT2D eigenvalue weighted by atomic mass is 9.87. The first-order valence-electron chi connectivity index (χ1n) is 13.4. The highest BCUT2D eigenvalue weighted by molar-refractivity contribution is 6.00. The van der Waals surface area contributed by atoms with Crippen molar-refractivity contribution in [1.29, 1.82) is 0 Å². The van der Waals surface area contributed by atoms with Gasteiger partial charge in [-0.3, -0.25) is 9.29 Å². The zero-order valence-corrected chi connectivity index (χ0v) is 20.8. The number of aryl methyl sites for hydroxylation is 1. The van der Waals surface area contributed by atoms with E-state index in [0.717, 1.165) is 61.2 Å². The maximum absolute atomic E-state index is 15.5. The van der Waals surface area contributed by atoms with Crippen molar-refractivity contribution in [3.05, 3.63) is 112 Å². The van der Waals surface area contributed by atoms with Crippen molar-refractivity contribution in [2.45, 2.75) is 44.4 Å². The van der Waals surface area contributed by atoms with Crippen LogP contribution in [-0.2, 0) is 6.42 Å². The summed E-state index contributed by atoms with van der Waals surface area (Å²) in [6, 6.07) is 23.3. The van der Waals surface area contributed by atoms with E-state index in [1.807, 2.05) is 6.07 Å². The maximum Gasteiger partial charge on any atom is 0.131 e. The molecule has 1 saturated heterocycles. The van der Waals surface area contributed by atoms with Crippen LogP contribution in [0.25, 0.3) is 17.2 Å². The molecule has 3 aliphatic rings. The van der Waals surface area contributed by atoms with Crippen molar-refractivity contribution in [1.82, 2.24) is 4.90 Å². The first kappa shape index (κ1) is 23.4. The number of likely N-dealkylation sites (tertiary alicyclic amines) is 1. The molecule has 6 rings (SSSR count). The first-order chi connectivity index (χ1) is 17.7. The van der Waals surface area contributed by atoms with Crippen LogP contribution in [0.1, 0.15) is 71.4 Å². The highest BCUT2D eigenvalue weighted by atomic mass is 19.1. The largest absolute Gasteiger partial charge is 0.295 e. The number of fused-ring (bicyclic) bond motifs is 1. The van der Waals surface area contributed by atoms with E-state index in [-0.39, 0.29) is 12.5 Å². The van der Waals surface area contributed by atoms with Crippen molar-refractivity contribution in [3.8, 4) is 0 Å². The Kier molecular flexibility index (Phi) is 6.58. The predicted molar refractivity (Wildman–Crippen MR) is 145 cm³/mol. The molecule has 184 valence electrons. The van der Waals surface area contributed by atoms with Crippen molar-refractivity contribution < 1.29 is 8.78 Å². The van der Waals surface area contributed by atoms with E-state index in [1.165, 1.54) is 40.7 Å². The molecule has 0 bridgehead atoms. The van der Waals surface area contributed by atoms with Crippen LogP contribution in [0.15, 0.2) is 72.3 Å². The second-order valence-electron chi connectivity index (χ2n) is 10.6. The van der Waals surface area contributed by atoms with Gasteiger partial charge in [0, 0.05) is 25.2 Å². The molecule has 0 N–H and O–H groups in total. The minimum absolute atomic E-state index is 0.0880. The number of allylic oxidation sites excluding steroid dienone is 1. The van der Waals surface area contributed by atoms with E-state index in [4.69, 9.17) is 0 Å². The lowest BCUT2D eigenvalue weighted by molar-refractivity contribution is 0.239. The Balaban J connectivity index is 1.36. The lowest BCUT2D eigenvalue weighted by Crippen LogP contribution is -2.40. The molecule has 2 aliphatic carbocycles. The zero-order valence-electron chi connectivity index (χ0n) is 20.8. The fourth-order valence-corrected chi connectivity index (χ4v) is 5.81. The molecule has 0 unspecified atom stereocenters. The monoisotopic (exact) mass is 481 g/mol. The second-order valence-corrected chi connectivity index (χ2v) is 10.6. The summed E-state index contributed by atoms with van der Waals surface area (Å²) in [4.78, 5) is 2.28. The third-order valence-electron chi connectivity index (χ3n) is 7.86. The zero-order chi connectivity index (χ0) is 24.5. The molecule has 0 amide bonds. The summed E-state index contributed by atoms with van der Waals surface area (Å²) in [6.45, 7) is 2.45. The summed E-state index contributed by atoms with van der Waals surface area (Å²) in [6.07, 6.45) is 8.12. The van der Waals surface area contributed by atoms with Crippen molar-refractivity contribution >= 4 is 17.2 Å². The van der Waals surface area contributed by atoms with Crippen LogP contribution < -0.4 is 0 Å². The fourth-order valence-electron chi connectivity index (χ4n) is 5.81. The van der Waals surface area contributed by atoms with Crippen LogP contribution in [0.4, 0.5) is 8.78 Å². The quantitative estimate of drug-likeness (QED) is 0.330. The third-order valence-corrected chi connectivity index (χ3v) is 7.86. The number of alkyl halides is 1. The number of halogens is 2. The van der Waals surface area contributed by atoms with Gasteiger partial charge in [-0.25, -0.2) is 4.39 Å². The number of hydrogen-bond acceptors (Lipinski definition) is 1. The average Bonchev–Trinajstić information content (AvgIpc) is 3.73. The molecule has 1 aliphatic heterocycles. The van der Waals surface area contributed by atoms with Gasteiger partial charge in [-0.2, -0.15) is 0 Å². The highest BCUT2D eigenvalue weighted by Gasteiger charge is 2.26. The molecule has 1 saturated carbocycles. The molecule has 36 heavy (non-hydrogen) atoms. The second kappa shape index (κ2) is 10.1. The Hall–Kier alpha value is -3.04. The molecule has 1 nitrogen and oxygen atoms in total. The number of rotatable bonds is 7. The Bertz CT molecular complexity index is 1310. The molecule has 0 aromatic heterocycles. The summed E-state index contributed by atoms with van der Waals surface area (Å²) in [5.74, 6) is 0.458. The molecule has 0 radical (unpaired) electrons. The van der Waals surface area contributed by atoms with Crippen molar-refractivity contribution in [3.63, 3.8) is 0 Å². The van der Waals surface area contributed by atoms with Crippen molar-refractivity contribution in [2.24, 2.45) is 0 Å². The predicted octanol–water partition coefficient (Wildman–Crippen LogP) is 8.06. The Morgan fingerprint density at radius 3 is 2.44 bits per heavy atom. The fraction of sp³-hybridized carbons (Fsp3) is 0.333. The van der Waals surface area contributed by atoms with E-state index in [0.29, 0.717) is 12.3 Å². The molecule has 0 atom stereocenters. The maximum atomic E-state index is 15.5. The molecule has 3 heteroatoms. The summed E-state index contributed by atoms with van der Waals surface area (Å²) in [7, 11) is 0. The van der Waals surface area contributed by atoms with Gasteiger partial charge >= 0.3 is 0 Å². The minimum Gasteiger partial charge on any atom is -0.295 e. The van der Waals surface area contributed by atoms with Crippen LogP contribution in [0, 0.1) is 5.82 Å². The van der Waals surface area contributed by atoms with Gasteiger partial charge in [-0.15, -0.1) is 0 Å². The number of nitrogens with zero attached hydrogens (tertiary/aromatic N) is 1. The Morgan fingerprint density at radius 2 is 1.69 bits per heavy atom. The standard InChI is InChI=1S/C33H33F2N/c34-17-4-18-36-21-24(22-36)19-23-9-11-27(12-10-23)33-29-7-2-1-5-26(29)6-3-8-31(33)30-16-15-28(20-32(30)35)25-13-14-25/h1-2,5,7,9-12,15-16,19-20,25H,3-4,6,8,13-14,17-18,21-22H2. The molecular weight excluding hydrogens is 448 g/mol. The molecule has 0 spiro atoms. The average molecular weight is 482 g/mol. The summed E-state index contributed by atoms with van der Waals surface area (Å²) >= 11 is 0. The van der Waals surface area contributed by atoms with Gasteiger partial charge in [0.05, 0.1) is 6.67 Å². The molecule has 2 fully saturated rings. The SMILES string of the molecule is FCCCN1CC(=Cc2ccc(C3=C(c4ccc(C5CC5)cc4F)CCCc4ccccc43)cc2)C1. The van der Waals surface area contributed by atoms with Gasteiger partial charge in [-0.1, -0.05) is 66.7 Å². The van der Waals surface area contributed by atoms with Gasteiger partial charge in [0.2, 0.25) is 0 Å². The van der Waals surface area contributed by atoms with Crippen LogP contribution in [0.5, 0.6) is 0 Å². The normalized spacial score (nSPS) is 18.0. The molecule has 1 heterocycles. The van der Waals surface area contributed by atoms with Crippen LogP contribution in [-0.4, -0.2) is 31.2 Å². The van der Waals surface area contributed by atoms with E-state index in [1.54, 1.807) is 6.07 Å². The van der Waals surface area contributed by atoms with E-state index in [9.17, 15) is 4.39 Å². The van der Waals surface area contributed by atoms with E-state index >= 15 is 4.39 Å². The van der Waals surface area contributed by atoms with Crippen molar-refractivity contribution in [2.75, 3.05) is 26.3 Å². The van der Waals surface area contributed by atoms with Crippen LogP contribution in [0.2, 0.25) is 0 Å². The number of benzene rings is 3. The third kappa shape index (κ3) is 4.82. The van der Waals surface area contributed by atoms with Crippen LogP contribution in [0.3, 0.4) is 0 Å². The molecular formula is C33H33F2N. The van der Waals surface area contributed by atoms with Gasteiger partial charge in [0.15, 0.2) is 0 Å². The van der Waals surface area contributed by atoms with E-state index in [2.05, 4.69) is 65.6 Å². The number of hydrogen-bond donors (Lipinski definition) is 0. The first-order valence-corrected chi connectivity index (χ1v) is 13.4. The van der Waals surface area contributed by atoms with Crippen LogP contribution >= 0.6 is 0 Å². The summed E-state index contributed by atoms with van der Waals surface area (Å²) < 4.78 is 27.9. The minimum atomic E-state index is -0.244. The topological polar surface area (TPSA) is 3.24 Å². The molecule has 3 aromatic carbocycles. The Morgan fingerprint density at radius 1 is 0.889 bits per heavy atom. The van der Waals surface area contributed by atoms with Gasteiger partial charge in [0.1, 0.15) is 5.82 Å². The van der Waals surface area contributed by atoms with Gasteiger partial charge < -0.3 is 0 Å². The Labute approximate surface area is 213 Å². The van der Waals surface area contributed by atoms with Gasteiger partial charge in [-0.05, 0) is 95.0 Å².